The van der Waals surface area contributed by atoms with Gasteiger partial charge in [0.2, 0.25) is 11.0 Å². The topological polar surface area (TPSA) is 76.7 Å². The summed E-state index contributed by atoms with van der Waals surface area (Å²) in [6.07, 6.45) is 2.21. The van der Waals surface area contributed by atoms with Gasteiger partial charge in [-0.25, -0.2) is 4.98 Å². The van der Waals surface area contributed by atoms with E-state index >= 15 is 0 Å². The van der Waals surface area contributed by atoms with Crippen molar-refractivity contribution >= 4 is 16.7 Å². The van der Waals surface area contributed by atoms with Crippen LogP contribution >= 0.6 is 11.5 Å². The fraction of sp³-hybridized carbons (Fsp3) is 0.429. The van der Waals surface area contributed by atoms with Gasteiger partial charge in [0, 0.05) is 24.5 Å². The Labute approximate surface area is 84.5 Å². The van der Waals surface area contributed by atoms with E-state index in [-0.39, 0.29) is 0 Å². The molecule has 0 aliphatic carbocycles. The molecule has 0 atom stereocenters. The van der Waals surface area contributed by atoms with E-state index in [0.717, 1.165) is 11.7 Å². The zero-order chi connectivity index (χ0) is 9.80. The van der Waals surface area contributed by atoms with E-state index < -0.39 is 0 Å². The fourth-order valence-corrected chi connectivity index (χ4v) is 1.42. The van der Waals surface area contributed by atoms with Crippen LogP contribution in [0.4, 0.5) is 5.13 Å². The highest BCUT2D eigenvalue weighted by Crippen LogP contribution is 2.06. The van der Waals surface area contributed by atoms with Crippen LogP contribution in [-0.2, 0) is 6.42 Å². The van der Waals surface area contributed by atoms with Gasteiger partial charge in [-0.05, 0) is 6.92 Å². The molecule has 0 spiro atoms. The lowest BCUT2D eigenvalue weighted by atomic mass is 10.4. The largest absolute Gasteiger partial charge is 0.360 e. The Morgan fingerprint density at radius 2 is 2.50 bits per heavy atom. The zero-order valence-corrected chi connectivity index (χ0v) is 8.41. The molecule has 0 fully saturated rings. The third-order valence-electron chi connectivity index (χ3n) is 1.55. The summed E-state index contributed by atoms with van der Waals surface area (Å²) in [5.41, 5.74) is 0. The summed E-state index contributed by atoms with van der Waals surface area (Å²) in [4.78, 5) is 8.06. The van der Waals surface area contributed by atoms with Gasteiger partial charge in [-0.15, -0.1) is 0 Å². The highest BCUT2D eigenvalue weighted by atomic mass is 32.1. The van der Waals surface area contributed by atoms with Crippen LogP contribution in [0.3, 0.4) is 0 Å². The van der Waals surface area contributed by atoms with E-state index in [4.69, 9.17) is 4.52 Å². The quantitative estimate of drug-likeness (QED) is 0.809. The second kappa shape index (κ2) is 4.14. The number of nitrogens with zero attached hydrogens (tertiary/aromatic N) is 4. The number of nitrogens with one attached hydrogen (secondary N) is 1. The van der Waals surface area contributed by atoms with E-state index in [2.05, 4.69) is 24.8 Å². The van der Waals surface area contributed by atoms with Crippen LogP contribution in [0.5, 0.6) is 0 Å². The SMILES string of the molecule is Cc1noc(CCNc2ncns2)n1. The fourth-order valence-electron chi connectivity index (χ4n) is 0.969. The first-order valence-electron chi connectivity index (χ1n) is 4.14. The van der Waals surface area contributed by atoms with E-state index in [1.165, 1.54) is 17.9 Å². The Kier molecular flexibility index (Phi) is 2.68. The summed E-state index contributed by atoms with van der Waals surface area (Å²) in [5.74, 6) is 1.30. The van der Waals surface area contributed by atoms with Gasteiger partial charge in [0.25, 0.3) is 0 Å². The molecule has 0 bridgehead atoms. The number of aryl methyl sites for hydroxylation is 1. The summed E-state index contributed by atoms with van der Waals surface area (Å²) >= 11 is 1.32. The average Bonchev–Trinajstić information content (AvgIpc) is 2.77. The number of aromatic nitrogens is 4. The van der Waals surface area contributed by atoms with Gasteiger partial charge in [-0.1, -0.05) is 5.16 Å². The lowest BCUT2D eigenvalue weighted by Gasteiger charge is -1.96. The van der Waals surface area contributed by atoms with Crippen LogP contribution < -0.4 is 5.32 Å². The third kappa shape index (κ3) is 2.25. The van der Waals surface area contributed by atoms with Crippen LogP contribution in [0, 0.1) is 6.92 Å². The molecule has 0 aliphatic rings. The van der Waals surface area contributed by atoms with Crippen molar-refractivity contribution in [3.05, 3.63) is 18.0 Å². The molecule has 2 heterocycles. The highest BCUT2D eigenvalue weighted by Gasteiger charge is 2.02. The van der Waals surface area contributed by atoms with Crippen molar-refractivity contribution in [1.29, 1.82) is 0 Å². The molecule has 2 rings (SSSR count). The Morgan fingerprint density at radius 3 is 3.14 bits per heavy atom. The van der Waals surface area contributed by atoms with Crippen molar-refractivity contribution in [1.82, 2.24) is 19.5 Å². The summed E-state index contributed by atoms with van der Waals surface area (Å²) in [6.45, 7) is 2.52. The van der Waals surface area contributed by atoms with Crippen molar-refractivity contribution < 1.29 is 4.52 Å². The number of hydrogen-bond acceptors (Lipinski definition) is 7. The van der Waals surface area contributed by atoms with Crippen LogP contribution in [0.15, 0.2) is 10.9 Å². The van der Waals surface area contributed by atoms with E-state index in [1.54, 1.807) is 6.92 Å². The molecule has 74 valence electrons. The zero-order valence-electron chi connectivity index (χ0n) is 7.60. The number of hydrogen-bond donors (Lipinski definition) is 1. The minimum absolute atomic E-state index is 0.638. The first kappa shape index (κ1) is 9.07. The van der Waals surface area contributed by atoms with Crippen LogP contribution in [0.2, 0.25) is 0 Å². The van der Waals surface area contributed by atoms with Crippen molar-refractivity contribution in [2.45, 2.75) is 13.3 Å². The first-order chi connectivity index (χ1) is 6.84. The molecule has 14 heavy (non-hydrogen) atoms. The van der Waals surface area contributed by atoms with Crippen molar-refractivity contribution in [3.8, 4) is 0 Å². The normalized spacial score (nSPS) is 10.4. The van der Waals surface area contributed by atoms with Crippen molar-refractivity contribution in [2.75, 3.05) is 11.9 Å². The van der Waals surface area contributed by atoms with Gasteiger partial charge in [0.1, 0.15) is 6.33 Å². The van der Waals surface area contributed by atoms with Crippen molar-refractivity contribution in [2.24, 2.45) is 0 Å². The van der Waals surface area contributed by atoms with Gasteiger partial charge in [-0.2, -0.15) is 9.36 Å². The molecule has 0 saturated carbocycles. The number of anilines is 1. The minimum Gasteiger partial charge on any atom is -0.360 e. The predicted octanol–water partition coefficient (Wildman–Crippen LogP) is 0.884. The predicted molar refractivity (Wildman–Crippen MR) is 51.1 cm³/mol. The monoisotopic (exact) mass is 211 g/mol. The molecular formula is C7H9N5OS. The smallest absolute Gasteiger partial charge is 0.228 e. The molecule has 6 nitrogen and oxygen atoms in total. The van der Waals surface area contributed by atoms with Crippen LogP contribution in [0.1, 0.15) is 11.7 Å². The van der Waals surface area contributed by atoms with E-state index in [9.17, 15) is 0 Å². The molecule has 1 N–H and O–H groups in total. The van der Waals surface area contributed by atoms with Crippen LogP contribution in [-0.4, -0.2) is 26.0 Å². The lowest BCUT2D eigenvalue weighted by molar-refractivity contribution is 0.377. The minimum atomic E-state index is 0.638. The molecule has 0 amide bonds. The third-order valence-corrected chi connectivity index (χ3v) is 2.17. The Hall–Kier alpha value is -1.50. The first-order valence-corrected chi connectivity index (χ1v) is 4.91. The molecule has 0 saturated heterocycles. The highest BCUT2D eigenvalue weighted by molar-refractivity contribution is 7.09. The Morgan fingerprint density at radius 1 is 1.57 bits per heavy atom. The van der Waals surface area contributed by atoms with Gasteiger partial charge in [0.05, 0.1) is 0 Å². The molecule has 2 aromatic rings. The van der Waals surface area contributed by atoms with Crippen LogP contribution in [0.25, 0.3) is 0 Å². The summed E-state index contributed by atoms with van der Waals surface area (Å²) in [7, 11) is 0. The van der Waals surface area contributed by atoms with E-state index in [0.29, 0.717) is 18.1 Å². The van der Waals surface area contributed by atoms with Gasteiger partial charge < -0.3 is 9.84 Å². The van der Waals surface area contributed by atoms with E-state index in [1.807, 2.05) is 0 Å². The molecule has 0 aromatic carbocycles. The Balaban J connectivity index is 1.78. The van der Waals surface area contributed by atoms with Gasteiger partial charge in [-0.3, -0.25) is 0 Å². The molecule has 0 aliphatic heterocycles. The van der Waals surface area contributed by atoms with Crippen molar-refractivity contribution in [3.63, 3.8) is 0 Å². The molecule has 0 unspecified atom stereocenters. The summed E-state index contributed by atoms with van der Waals surface area (Å²) < 4.78 is 8.82. The summed E-state index contributed by atoms with van der Waals surface area (Å²) in [5, 5.41) is 7.60. The molecule has 7 heteroatoms. The maximum atomic E-state index is 4.95. The standard InChI is InChI=1S/C7H9N5OS/c1-5-11-6(13-12-5)2-3-8-7-9-4-10-14-7/h4H,2-3H2,1H3,(H,8,9,10). The maximum absolute atomic E-state index is 4.95. The molecule has 2 aromatic heterocycles. The van der Waals surface area contributed by atoms with Gasteiger partial charge >= 0.3 is 0 Å². The average molecular weight is 211 g/mol. The van der Waals surface area contributed by atoms with Gasteiger partial charge in [0.15, 0.2) is 5.82 Å². The molecular weight excluding hydrogens is 202 g/mol. The maximum Gasteiger partial charge on any atom is 0.228 e. The molecule has 0 radical (unpaired) electrons. The number of rotatable bonds is 4. The Bertz CT molecular complexity index is 384. The second-order valence-electron chi connectivity index (χ2n) is 2.66. The second-order valence-corrected chi connectivity index (χ2v) is 3.44. The summed E-state index contributed by atoms with van der Waals surface area (Å²) in [6, 6.07) is 0. The lowest BCUT2D eigenvalue weighted by Crippen LogP contribution is -2.04.